The molecule has 0 bridgehead atoms. The quantitative estimate of drug-likeness (QED) is 0.154. The zero-order valence-corrected chi connectivity index (χ0v) is 22.1. The molecule has 1 rings (SSSR count). The second-order valence-corrected chi connectivity index (χ2v) is 10.2. The molecule has 0 heterocycles. The maximum atomic E-state index is 13.3. The van der Waals surface area contributed by atoms with Crippen molar-refractivity contribution in [2.24, 2.45) is 5.41 Å². The van der Waals surface area contributed by atoms with E-state index < -0.39 is 38.9 Å². The second-order valence-electron chi connectivity index (χ2n) is 8.21. The van der Waals surface area contributed by atoms with Crippen molar-refractivity contribution in [3.63, 3.8) is 0 Å². The number of hydrogen-bond donors (Lipinski definition) is 0. The fraction of sp³-hybridized carbons (Fsp3) is 0.625. The maximum absolute atomic E-state index is 13.3. The number of rotatable bonds is 18. The van der Waals surface area contributed by atoms with Crippen LogP contribution in [-0.2, 0) is 52.6 Å². The summed E-state index contributed by atoms with van der Waals surface area (Å²) in [6, 6.07) is 6.43. The van der Waals surface area contributed by atoms with Gasteiger partial charge in [0.15, 0.2) is 9.84 Å². The molecular weight excluding hydrogens is 496 g/mol. The Bertz CT molecular complexity index is 866. The molecule has 0 atom stereocenters. The van der Waals surface area contributed by atoms with Gasteiger partial charge in [0.2, 0.25) is 0 Å². The van der Waals surface area contributed by atoms with Gasteiger partial charge in [0.1, 0.15) is 0 Å². The van der Waals surface area contributed by atoms with Gasteiger partial charge in [-0.3, -0.25) is 14.4 Å². The molecule has 0 radical (unpaired) electrons. The topological polar surface area (TPSA) is 141 Å². The second kappa shape index (κ2) is 16.3. The first-order valence-corrected chi connectivity index (χ1v) is 13.0. The van der Waals surface area contributed by atoms with Crippen LogP contribution in [0.4, 0.5) is 0 Å². The van der Waals surface area contributed by atoms with E-state index in [2.05, 4.69) is 14.2 Å². The minimum atomic E-state index is -3.82. The third-order valence-corrected chi connectivity index (χ3v) is 7.12. The Morgan fingerprint density at radius 2 is 1.06 bits per heavy atom. The average molecular weight is 533 g/mol. The highest BCUT2D eigenvalue weighted by Gasteiger charge is 2.38. The van der Waals surface area contributed by atoms with Crippen molar-refractivity contribution in [3.05, 3.63) is 29.8 Å². The van der Waals surface area contributed by atoms with Crippen LogP contribution in [0.15, 0.2) is 29.2 Å². The smallest absolute Gasteiger partial charge is 0.307 e. The number of hydrogen-bond acceptors (Lipinski definition) is 11. The summed E-state index contributed by atoms with van der Waals surface area (Å²) in [5.41, 5.74) is -0.310. The fourth-order valence-corrected chi connectivity index (χ4v) is 4.89. The van der Waals surface area contributed by atoms with Gasteiger partial charge in [0, 0.05) is 0 Å². The van der Waals surface area contributed by atoms with Gasteiger partial charge in [-0.05, 0) is 19.1 Å². The Morgan fingerprint density at radius 1 is 0.694 bits per heavy atom. The molecule has 0 aliphatic heterocycles. The molecule has 0 amide bonds. The van der Waals surface area contributed by atoms with Crippen molar-refractivity contribution in [2.75, 3.05) is 66.7 Å². The average Bonchev–Trinajstić information content (AvgIpc) is 2.86. The van der Waals surface area contributed by atoms with Crippen LogP contribution in [0.1, 0.15) is 24.8 Å². The number of esters is 3. The Hall–Kier alpha value is -2.54. The lowest BCUT2D eigenvalue weighted by Crippen LogP contribution is -2.44. The SMILES string of the molecule is COC(=O)CCOCC(COCCC(=O)OC)(COCCC(=O)OC)CS(=O)(=O)c1ccc(C)cc1. The van der Waals surface area contributed by atoms with Gasteiger partial charge in [-0.2, -0.15) is 0 Å². The van der Waals surface area contributed by atoms with Crippen LogP contribution in [-0.4, -0.2) is 93.0 Å². The van der Waals surface area contributed by atoms with Crippen LogP contribution in [0.5, 0.6) is 0 Å². The largest absolute Gasteiger partial charge is 0.469 e. The molecule has 36 heavy (non-hydrogen) atoms. The third kappa shape index (κ3) is 11.9. The summed E-state index contributed by atoms with van der Waals surface area (Å²) in [5.74, 6) is -1.83. The molecule has 0 fully saturated rings. The van der Waals surface area contributed by atoms with Crippen LogP contribution in [0, 0.1) is 12.3 Å². The first kappa shape index (κ1) is 31.5. The highest BCUT2D eigenvalue weighted by Crippen LogP contribution is 2.27. The Kier molecular flexibility index (Phi) is 14.2. The highest BCUT2D eigenvalue weighted by atomic mass is 32.2. The fourth-order valence-electron chi connectivity index (χ4n) is 3.12. The molecule has 1 aromatic carbocycles. The van der Waals surface area contributed by atoms with Crippen LogP contribution >= 0.6 is 0 Å². The van der Waals surface area contributed by atoms with Gasteiger partial charge >= 0.3 is 17.9 Å². The predicted octanol–water partition coefficient (Wildman–Crippen LogP) is 1.49. The minimum Gasteiger partial charge on any atom is -0.469 e. The summed E-state index contributed by atoms with van der Waals surface area (Å²) in [6.45, 7) is 1.42. The number of carbonyl (C=O) groups is 3. The van der Waals surface area contributed by atoms with Crippen LogP contribution < -0.4 is 0 Å². The number of ether oxygens (including phenoxy) is 6. The van der Waals surface area contributed by atoms with Crippen molar-refractivity contribution in [1.82, 2.24) is 0 Å². The van der Waals surface area contributed by atoms with Crippen LogP contribution in [0.3, 0.4) is 0 Å². The molecule has 0 unspecified atom stereocenters. The van der Waals surface area contributed by atoms with Gasteiger partial charge < -0.3 is 28.4 Å². The van der Waals surface area contributed by atoms with Gasteiger partial charge in [-0.25, -0.2) is 8.42 Å². The normalized spacial score (nSPS) is 11.7. The van der Waals surface area contributed by atoms with Crippen LogP contribution in [0.2, 0.25) is 0 Å². The van der Waals surface area contributed by atoms with Crippen molar-refractivity contribution in [1.29, 1.82) is 0 Å². The van der Waals surface area contributed by atoms with Crippen molar-refractivity contribution in [3.8, 4) is 0 Å². The number of sulfone groups is 1. The number of carbonyl (C=O) groups excluding carboxylic acids is 3. The summed E-state index contributed by atoms with van der Waals surface area (Å²) in [7, 11) is -0.0589. The van der Waals surface area contributed by atoms with E-state index in [1.165, 1.54) is 33.5 Å². The van der Waals surface area contributed by atoms with E-state index in [9.17, 15) is 22.8 Å². The summed E-state index contributed by atoms with van der Waals surface area (Å²) in [4.78, 5) is 34.5. The van der Waals surface area contributed by atoms with E-state index >= 15 is 0 Å². The molecular formula is C24H36O11S. The predicted molar refractivity (Wildman–Crippen MR) is 128 cm³/mol. The van der Waals surface area contributed by atoms with E-state index in [4.69, 9.17) is 14.2 Å². The molecule has 0 aromatic heterocycles. The van der Waals surface area contributed by atoms with Crippen molar-refractivity contribution < 1.29 is 51.2 Å². The van der Waals surface area contributed by atoms with Gasteiger partial charge in [-0.1, -0.05) is 17.7 Å². The lowest BCUT2D eigenvalue weighted by Gasteiger charge is -2.33. The Labute approximate surface area is 212 Å². The number of benzene rings is 1. The van der Waals surface area contributed by atoms with E-state index in [1.54, 1.807) is 12.1 Å². The maximum Gasteiger partial charge on any atom is 0.307 e. The Balaban J connectivity index is 3.12. The van der Waals surface area contributed by atoms with E-state index in [1.807, 2.05) is 6.92 Å². The minimum absolute atomic E-state index is 0.0106. The molecule has 1 aromatic rings. The third-order valence-electron chi connectivity index (χ3n) is 5.14. The van der Waals surface area contributed by atoms with Gasteiger partial charge in [-0.15, -0.1) is 0 Å². The Morgan fingerprint density at radius 3 is 1.39 bits per heavy atom. The molecule has 0 saturated heterocycles. The van der Waals surface area contributed by atoms with Gasteiger partial charge in [0.25, 0.3) is 0 Å². The molecule has 12 heteroatoms. The van der Waals surface area contributed by atoms with E-state index in [0.717, 1.165) is 5.56 Å². The van der Waals surface area contributed by atoms with E-state index in [0.29, 0.717) is 0 Å². The molecule has 0 saturated carbocycles. The first-order chi connectivity index (χ1) is 17.1. The monoisotopic (exact) mass is 532 g/mol. The van der Waals surface area contributed by atoms with Crippen molar-refractivity contribution >= 4 is 27.7 Å². The summed E-state index contributed by atoms with van der Waals surface area (Å²) < 4.78 is 57.5. The lowest BCUT2D eigenvalue weighted by atomic mass is 9.93. The molecule has 0 aliphatic rings. The standard InChI is InChI=1S/C24H36O11S/c1-19-5-7-20(8-6-19)36(28,29)18-24(15-33-12-9-21(25)30-2,16-34-13-10-22(26)31-3)17-35-14-11-23(27)32-4/h5-8H,9-18H2,1-4H3. The van der Waals surface area contributed by atoms with E-state index in [-0.39, 0.29) is 63.8 Å². The lowest BCUT2D eigenvalue weighted by molar-refractivity contribution is -0.142. The zero-order chi connectivity index (χ0) is 27.0. The van der Waals surface area contributed by atoms with Gasteiger partial charge in [0.05, 0.1) is 96.3 Å². The molecule has 204 valence electrons. The summed E-state index contributed by atoms with van der Waals surface area (Å²) in [6.07, 6.45) is -0.0724. The van der Waals surface area contributed by atoms with Crippen LogP contribution in [0.25, 0.3) is 0 Å². The molecule has 0 spiro atoms. The summed E-state index contributed by atoms with van der Waals surface area (Å²) >= 11 is 0. The highest BCUT2D eigenvalue weighted by molar-refractivity contribution is 7.91. The number of methoxy groups -OCH3 is 3. The molecule has 0 aliphatic carbocycles. The first-order valence-electron chi connectivity index (χ1n) is 11.3. The zero-order valence-electron chi connectivity index (χ0n) is 21.3. The number of aryl methyl sites for hydroxylation is 1. The van der Waals surface area contributed by atoms with Crippen molar-refractivity contribution in [2.45, 2.75) is 31.1 Å². The summed E-state index contributed by atoms with van der Waals surface area (Å²) in [5, 5.41) is 0. The molecule has 11 nitrogen and oxygen atoms in total. The molecule has 0 N–H and O–H groups in total.